The normalized spacial score (nSPS) is 17.6. The Kier molecular flexibility index (Phi) is 16.3. The molecule has 0 fully saturated rings. The van der Waals surface area contributed by atoms with Crippen molar-refractivity contribution in [3.63, 3.8) is 0 Å². The number of imide groups is 1. The minimum Gasteiger partial charge on any atom is -0.480 e. The van der Waals surface area contributed by atoms with Gasteiger partial charge in [-0.25, -0.2) is 14.2 Å². The second-order valence-corrected chi connectivity index (χ2v) is 18.5. The van der Waals surface area contributed by atoms with E-state index < -0.39 is 140 Å². The van der Waals surface area contributed by atoms with E-state index in [1.54, 1.807) is 50.2 Å². The maximum absolute atomic E-state index is 15.4. The lowest BCUT2D eigenvalue weighted by atomic mass is 9.81. The predicted molar refractivity (Wildman–Crippen MR) is 264 cm³/mol. The molecule has 4 atom stereocenters. The van der Waals surface area contributed by atoms with Crippen LogP contribution >= 0.6 is 0 Å². The highest BCUT2D eigenvalue weighted by Crippen LogP contribution is 2.46. The van der Waals surface area contributed by atoms with Crippen molar-refractivity contribution >= 4 is 70.1 Å². The first kappa shape index (κ1) is 54.5. The number of ether oxygens (including phenoxy) is 2. The van der Waals surface area contributed by atoms with Crippen molar-refractivity contribution in [1.29, 1.82) is 0 Å². The monoisotopic (exact) mass is 1060 g/mol. The number of pyridine rings is 2. The number of fused-ring (bicyclic) bond motifs is 5. The van der Waals surface area contributed by atoms with Crippen molar-refractivity contribution in [2.45, 2.75) is 76.4 Å². The van der Waals surface area contributed by atoms with Gasteiger partial charge in [-0.15, -0.1) is 0 Å². The number of carbonyl (C=O) groups is 10. The van der Waals surface area contributed by atoms with E-state index in [2.05, 4.69) is 37.2 Å². The van der Waals surface area contributed by atoms with Gasteiger partial charge in [0.05, 0.1) is 61.2 Å². The van der Waals surface area contributed by atoms with Gasteiger partial charge in [0, 0.05) is 47.7 Å². The van der Waals surface area contributed by atoms with Gasteiger partial charge >= 0.3 is 11.9 Å². The number of rotatable bonds is 22. The molecule has 0 radical (unpaired) electrons. The first-order chi connectivity index (χ1) is 36.8. The highest BCUT2D eigenvalue weighted by Gasteiger charge is 2.46. The lowest BCUT2D eigenvalue weighted by Gasteiger charge is -2.31. The zero-order chi connectivity index (χ0) is 55.3. The molecule has 8 amide bonds. The summed E-state index contributed by atoms with van der Waals surface area (Å²) >= 11 is 0. The maximum Gasteiger partial charge on any atom is 0.343 e. The highest BCUT2D eigenvalue weighted by molar-refractivity contribution is 6.15. The Hall–Kier alpha value is -8.75. The number of hydrogen-bond donors (Lipinski definition) is 9. The molecule has 0 spiro atoms. The number of aromatic nitrogens is 2. The molecule has 3 aliphatic heterocycles. The van der Waals surface area contributed by atoms with E-state index in [-0.39, 0.29) is 37.1 Å². The number of benzene rings is 2. The maximum atomic E-state index is 15.4. The largest absolute Gasteiger partial charge is 0.480 e. The summed E-state index contributed by atoms with van der Waals surface area (Å²) in [6, 6.07) is 7.97. The van der Waals surface area contributed by atoms with Crippen LogP contribution in [-0.2, 0) is 89.0 Å². The Morgan fingerprint density at radius 1 is 0.870 bits per heavy atom. The lowest BCUT2D eigenvalue weighted by molar-refractivity contribution is -0.172. The number of carbonyl (C=O) groups excluding carboxylic acids is 9. The topological polar surface area (TPSA) is 352 Å². The summed E-state index contributed by atoms with van der Waals surface area (Å²) in [6.45, 7) is -1.02. The molecule has 2 aromatic carbocycles. The Morgan fingerprint density at radius 2 is 1.56 bits per heavy atom. The smallest absolute Gasteiger partial charge is 0.343 e. The number of nitrogens with zero attached hydrogens (tertiary/aromatic N) is 3. The van der Waals surface area contributed by atoms with Crippen molar-refractivity contribution in [3.05, 3.63) is 110 Å². The third-order valence-corrected chi connectivity index (χ3v) is 13.6. The zero-order valence-electron chi connectivity index (χ0n) is 41.5. The van der Waals surface area contributed by atoms with Gasteiger partial charge in [-0.2, -0.15) is 0 Å². The Balaban J connectivity index is 0.835. The van der Waals surface area contributed by atoms with E-state index in [1.807, 2.05) is 0 Å². The SMILES string of the molecule is CC[C@@]1(O)C(=O)OCc2c1cc1n(c2=O)Cc2c-1nc1cc(F)c(C)c3c1c2[C@H](NC(=O)COCNC(=O)CNC(=O)[C@H](Cc1ccccc1)NC(=O)CNC(=O)CNC(=O)C(CNCC(=O)O)N1C(=O)C=CC1=O)CC3. The fourth-order valence-corrected chi connectivity index (χ4v) is 9.73. The van der Waals surface area contributed by atoms with Crippen LogP contribution in [0.15, 0.2) is 59.4 Å². The third kappa shape index (κ3) is 11.6. The minimum absolute atomic E-state index is 0.0329. The summed E-state index contributed by atoms with van der Waals surface area (Å²) < 4.78 is 27.5. The standard InChI is InChI=1S/C51H53FN10O15/c1-3-51(75)30-14-35-46-28(21-61(35)49(73)29(30)22-77-50(51)74)45-32(10-9-27-25(2)31(52)15-33(60-46)44(27)45)58-40(66)23-76-24-57-38(64)18-55-47(71)34(13-26-7-5-4-6-8-26)59-39(65)19-54-37(63)17-56-48(72)36(16-53-20-43(69)70)62-41(67)11-12-42(62)68/h4-8,11-12,14-15,32,34,36,53,75H,3,9-10,13,16-24H2,1-2H3,(H,54,63)(H,55,71)(H,56,72)(H,57,64)(H,58,66)(H,59,65)(H,69,70)/t32-,34+,36?,51+/m1/s1. The first-order valence-electron chi connectivity index (χ1n) is 24.4. The van der Waals surface area contributed by atoms with Gasteiger partial charge in [-0.3, -0.25) is 52.8 Å². The van der Waals surface area contributed by atoms with E-state index >= 15 is 4.39 Å². The molecule has 1 unspecified atom stereocenters. The summed E-state index contributed by atoms with van der Waals surface area (Å²) in [4.78, 5) is 146. The van der Waals surface area contributed by atoms with Crippen LogP contribution in [0.3, 0.4) is 0 Å². The molecule has 5 heterocycles. The van der Waals surface area contributed by atoms with Crippen molar-refractivity contribution < 1.29 is 72.0 Å². The number of halogens is 1. The van der Waals surface area contributed by atoms with Crippen molar-refractivity contribution in [2.75, 3.05) is 46.1 Å². The fraction of sp³-hybridized carbons (Fsp3) is 0.373. The Bertz CT molecular complexity index is 3220. The Morgan fingerprint density at radius 3 is 2.26 bits per heavy atom. The average Bonchev–Trinajstić information content (AvgIpc) is 4.22. The van der Waals surface area contributed by atoms with Crippen LogP contribution in [0.4, 0.5) is 4.39 Å². The summed E-state index contributed by atoms with van der Waals surface area (Å²) in [5.74, 6) is -9.02. The number of aryl methyl sites for hydroxylation is 1. The van der Waals surface area contributed by atoms with Crippen LogP contribution in [0.1, 0.15) is 64.8 Å². The second kappa shape index (κ2) is 23.0. The second-order valence-electron chi connectivity index (χ2n) is 18.5. The van der Waals surface area contributed by atoms with Crippen molar-refractivity contribution in [1.82, 2.24) is 51.7 Å². The van der Waals surface area contributed by atoms with E-state index in [9.17, 15) is 57.8 Å². The average molecular weight is 1070 g/mol. The number of carboxylic acid groups (broad SMARTS) is 1. The van der Waals surface area contributed by atoms with Gasteiger partial charge < -0.3 is 61.5 Å². The number of carboxylic acids is 1. The molecule has 1 aliphatic carbocycles. The lowest BCUT2D eigenvalue weighted by Crippen LogP contribution is -2.56. The number of amides is 8. The van der Waals surface area contributed by atoms with E-state index in [0.29, 0.717) is 67.8 Å². The van der Waals surface area contributed by atoms with Crippen LogP contribution < -0.4 is 42.8 Å². The molecule has 0 saturated heterocycles. The quantitative estimate of drug-likeness (QED) is 0.0153. The van der Waals surface area contributed by atoms with Gasteiger partial charge in [-0.05, 0) is 54.5 Å². The molecule has 4 aromatic rings. The van der Waals surface area contributed by atoms with E-state index in [4.69, 9.17) is 19.6 Å². The number of nitrogens with one attached hydrogen (secondary N) is 7. The van der Waals surface area contributed by atoms with Crippen LogP contribution in [0, 0.1) is 12.7 Å². The van der Waals surface area contributed by atoms with E-state index in [0.717, 1.165) is 12.2 Å². The van der Waals surface area contributed by atoms with Gasteiger partial charge in [0.15, 0.2) is 5.60 Å². The zero-order valence-corrected chi connectivity index (χ0v) is 41.5. The molecule has 404 valence electrons. The first-order valence-corrected chi connectivity index (χ1v) is 24.4. The van der Waals surface area contributed by atoms with Gasteiger partial charge in [0.25, 0.3) is 17.4 Å². The van der Waals surface area contributed by atoms with Crippen LogP contribution in [0.25, 0.3) is 22.3 Å². The van der Waals surface area contributed by atoms with Gasteiger partial charge in [0.1, 0.15) is 37.8 Å². The molecule has 8 rings (SSSR count). The highest BCUT2D eigenvalue weighted by atomic mass is 19.1. The minimum atomic E-state index is -2.07. The molecule has 4 aliphatic rings. The van der Waals surface area contributed by atoms with Crippen LogP contribution in [-0.4, -0.2) is 142 Å². The van der Waals surface area contributed by atoms with Gasteiger partial charge in [0.2, 0.25) is 35.4 Å². The molecule has 0 saturated carbocycles. The molecular weight excluding hydrogens is 1010 g/mol. The van der Waals surface area contributed by atoms with Crippen molar-refractivity contribution in [2.24, 2.45) is 0 Å². The number of aliphatic carboxylic acids is 1. The van der Waals surface area contributed by atoms with Crippen LogP contribution in [0.2, 0.25) is 0 Å². The molecule has 77 heavy (non-hydrogen) atoms. The molecule has 2 aromatic heterocycles. The summed E-state index contributed by atoms with van der Waals surface area (Å²) in [7, 11) is 0. The van der Waals surface area contributed by atoms with Crippen LogP contribution in [0.5, 0.6) is 0 Å². The number of aliphatic hydroxyl groups is 1. The predicted octanol–water partition coefficient (Wildman–Crippen LogP) is -2.24. The van der Waals surface area contributed by atoms with Gasteiger partial charge in [-0.1, -0.05) is 37.3 Å². The molecule has 25 nitrogen and oxygen atoms in total. The summed E-state index contributed by atoms with van der Waals surface area (Å²) in [5.41, 5.74) is 1.60. The third-order valence-electron chi connectivity index (χ3n) is 13.6. The summed E-state index contributed by atoms with van der Waals surface area (Å²) in [6.07, 6.45) is 2.49. The molecule has 9 N–H and O–H groups in total. The molecular formula is C51H53FN10O15. The number of esters is 1. The number of cyclic esters (lactones) is 1. The van der Waals surface area contributed by atoms with E-state index in [1.165, 1.54) is 10.6 Å². The number of hydrogen-bond acceptors (Lipinski definition) is 16. The fourth-order valence-electron chi connectivity index (χ4n) is 9.73. The Labute approximate surface area is 436 Å². The summed E-state index contributed by atoms with van der Waals surface area (Å²) in [5, 5.41) is 38.2. The van der Waals surface area contributed by atoms with Crippen molar-refractivity contribution in [3.8, 4) is 11.4 Å². The molecule has 0 bridgehead atoms. The molecule has 26 heteroatoms.